The summed E-state index contributed by atoms with van der Waals surface area (Å²) in [7, 11) is 1.33. The van der Waals surface area contributed by atoms with E-state index in [0.29, 0.717) is 12.4 Å². The van der Waals surface area contributed by atoms with E-state index in [1.165, 1.54) is 13.2 Å². The molecule has 0 bridgehead atoms. The van der Waals surface area contributed by atoms with Crippen LogP contribution in [0.5, 0.6) is 0 Å². The van der Waals surface area contributed by atoms with Crippen molar-refractivity contribution in [3.05, 3.63) is 11.8 Å². The Morgan fingerprint density at radius 1 is 1.60 bits per heavy atom. The molecule has 0 aromatic rings. The molecule has 3 nitrogen and oxygen atoms in total. The summed E-state index contributed by atoms with van der Waals surface area (Å²) >= 11 is 0. The second kappa shape index (κ2) is 4.85. The zero-order valence-corrected chi connectivity index (χ0v) is 6.51. The lowest BCUT2D eigenvalue weighted by atomic mass is 10.5. The molecule has 0 aliphatic rings. The summed E-state index contributed by atoms with van der Waals surface area (Å²) in [6.45, 7) is 4.13. The Hall–Kier alpha value is -0.990. The first-order valence-corrected chi connectivity index (χ1v) is 3.09. The lowest BCUT2D eigenvalue weighted by molar-refractivity contribution is -0.135. The predicted molar refractivity (Wildman–Crippen MR) is 37.4 cm³/mol. The van der Waals surface area contributed by atoms with Crippen LogP contribution in [0, 0.1) is 0 Å². The minimum atomic E-state index is -0.383. The van der Waals surface area contributed by atoms with Gasteiger partial charge in [-0.05, 0) is 13.8 Å². The average molecular weight is 144 g/mol. The number of hydrogen-bond acceptors (Lipinski definition) is 3. The van der Waals surface area contributed by atoms with Gasteiger partial charge in [0.05, 0.1) is 19.8 Å². The van der Waals surface area contributed by atoms with Gasteiger partial charge >= 0.3 is 5.97 Å². The van der Waals surface area contributed by atoms with Gasteiger partial charge in [0.1, 0.15) is 5.76 Å². The average Bonchev–Trinajstić information content (AvgIpc) is 1.88. The predicted octanol–water partition coefficient (Wildman–Crippen LogP) is 1.10. The quantitative estimate of drug-likeness (QED) is 0.338. The maximum absolute atomic E-state index is 10.5. The molecule has 3 heteroatoms. The van der Waals surface area contributed by atoms with Crippen molar-refractivity contribution in [2.24, 2.45) is 0 Å². The number of ether oxygens (including phenoxy) is 2. The zero-order valence-electron chi connectivity index (χ0n) is 6.51. The van der Waals surface area contributed by atoms with Crippen LogP contribution in [0.1, 0.15) is 13.8 Å². The molecule has 0 rings (SSSR count). The van der Waals surface area contributed by atoms with Crippen LogP contribution in [0.2, 0.25) is 0 Å². The molecule has 0 heterocycles. The lowest BCUT2D eigenvalue weighted by Gasteiger charge is -2.00. The topological polar surface area (TPSA) is 35.5 Å². The summed E-state index contributed by atoms with van der Waals surface area (Å²) in [6, 6.07) is 0. The molecule has 0 aliphatic heterocycles. The Labute approximate surface area is 60.6 Å². The molecule has 0 saturated heterocycles. The van der Waals surface area contributed by atoms with Gasteiger partial charge in [0.15, 0.2) is 0 Å². The highest BCUT2D eigenvalue weighted by Gasteiger charge is 1.94. The van der Waals surface area contributed by atoms with Crippen LogP contribution in [-0.2, 0) is 14.3 Å². The number of esters is 1. The van der Waals surface area contributed by atoms with E-state index >= 15 is 0 Å². The van der Waals surface area contributed by atoms with Gasteiger partial charge in [0.25, 0.3) is 0 Å². The first-order valence-electron chi connectivity index (χ1n) is 3.09. The molecule has 0 saturated carbocycles. The van der Waals surface area contributed by atoms with Crippen LogP contribution in [0.3, 0.4) is 0 Å². The third kappa shape index (κ3) is 3.95. The van der Waals surface area contributed by atoms with Crippen molar-refractivity contribution in [3.63, 3.8) is 0 Å². The third-order valence-electron chi connectivity index (χ3n) is 0.894. The maximum Gasteiger partial charge on any atom is 0.333 e. The standard InChI is InChI=1S/C7H12O3/c1-4-10-6(2)5-7(8)9-3/h5H,4H2,1-3H3/b6-5+. The molecule has 0 aliphatic carbocycles. The summed E-state index contributed by atoms with van der Waals surface area (Å²) in [4.78, 5) is 10.5. The molecule has 0 fully saturated rings. The van der Waals surface area contributed by atoms with Crippen molar-refractivity contribution < 1.29 is 14.3 Å². The van der Waals surface area contributed by atoms with Crippen LogP contribution in [-0.4, -0.2) is 19.7 Å². The van der Waals surface area contributed by atoms with Crippen LogP contribution in [0.15, 0.2) is 11.8 Å². The van der Waals surface area contributed by atoms with E-state index < -0.39 is 0 Å². The van der Waals surface area contributed by atoms with Gasteiger partial charge in [0, 0.05) is 0 Å². The van der Waals surface area contributed by atoms with Crippen molar-refractivity contribution in [3.8, 4) is 0 Å². The number of hydrogen-bond donors (Lipinski definition) is 0. The van der Waals surface area contributed by atoms with Gasteiger partial charge in [-0.3, -0.25) is 0 Å². The van der Waals surface area contributed by atoms with E-state index in [0.717, 1.165) is 0 Å². The Kier molecular flexibility index (Phi) is 4.37. The Bertz CT molecular complexity index is 138. The summed E-state index contributed by atoms with van der Waals surface area (Å²) in [6.07, 6.45) is 1.31. The number of methoxy groups -OCH3 is 1. The van der Waals surface area contributed by atoms with E-state index in [1.54, 1.807) is 6.92 Å². The fourth-order valence-corrected chi connectivity index (χ4v) is 0.494. The van der Waals surface area contributed by atoms with Gasteiger partial charge in [-0.25, -0.2) is 4.79 Å². The smallest absolute Gasteiger partial charge is 0.333 e. The molecule has 58 valence electrons. The van der Waals surface area contributed by atoms with Crippen molar-refractivity contribution in [1.82, 2.24) is 0 Å². The van der Waals surface area contributed by atoms with E-state index in [2.05, 4.69) is 4.74 Å². The molecule has 0 atom stereocenters. The minimum absolute atomic E-state index is 0.383. The van der Waals surface area contributed by atoms with Crippen LogP contribution in [0.25, 0.3) is 0 Å². The highest BCUT2D eigenvalue weighted by atomic mass is 16.5. The highest BCUT2D eigenvalue weighted by molar-refractivity contribution is 5.82. The SMILES string of the molecule is CCO/C(C)=C/C(=O)OC. The molecule has 0 aromatic carbocycles. The Balaban J connectivity index is 3.77. The fraction of sp³-hybridized carbons (Fsp3) is 0.571. The van der Waals surface area contributed by atoms with Gasteiger partial charge in [0.2, 0.25) is 0 Å². The second-order valence-electron chi connectivity index (χ2n) is 1.71. The van der Waals surface area contributed by atoms with Crippen molar-refractivity contribution >= 4 is 5.97 Å². The van der Waals surface area contributed by atoms with Gasteiger partial charge in [-0.1, -0.05) is 0 Å². The van der Waals surface area contributed by atoms with Gasteiger partial charge in [-0.2, -0.15) is 0 Å². The van der Waals surface area contributed by atoms with Crippen LogP contribution < -0.4 is 0 Å². The largest absolute Gasteiger partial charge is 0.498 e. The number of carbonyl (C=O) groups is 1. The van der Waals surface area contributed by atoms with Crippen molar-refractivity contribution in [2.75, 3.05) is 13.7 Å². The molecular formula is C7H12O3. The number of allylic oxidation sites excluding steroid dienone is 1. The van der Waals surface area contributed by atoms with Crippen LogP contribution >= 0.6 is 0 Å². The molecule has 0 N–H and O–H groups in total. The molecule has 0 aromatic heterocycles. The Morgan fingerprint density at radius 2 is 2.20 bits per heavy atom. The molecule has 0 amide bonds. The van der Waals surface area contributed by atoms with E-state index in [-0.39, 0.29) is 5.97 Å². The molecule has 0 spiro atoms. The zero-order chi connectivity index (χ0) is 7.98. The first-order chi connectivity index (χ1) is 4.70. The monoisotopic (exact) mass is 144 g/mol. The molecule has 10 heavy (non-hydrogen) atoms. The first kappa shape index (κ1) is 9.01. The summed E-state index contributed by atoms with van der Waals surface area (Å²) in [5, 5.41) is 0. The van der Waals surface area contributed by atoms with Crippen molar-refractivity contribution in [2.45, 2.75) is 13.8 Å². The molecule has 0 radical (unpaired) electrons. The lowest BCUT2D eigenvalue weighted by Crippen LogP contribution is -1.97. The van der Waals surface area contributed by atoms with E-state index in [4.69, 9.17) is 4.74 Å². The summed E-state index contributed by atoms with van der Waals surface area (Å²) in [5.74, 6) is 0.195. The maximum atomic E-state index is 10.5. The van der Waals surface area contributed by atoms with E-state index in [9.17, 15) is 4.79 Å². The molecular weight excluding hydrogens is 132 g/mol. The number of carbonyl (C=O) groups excluding carboxylic acids is 1. The molecule has 0 unspecified atom stereocenters. The van der Waals surface area contributed by atoms with Crippen molar-refractivity contribution in [1.29, 1.82) is 0 Å². The van der Waals surface area contributed by atoms with Gasteiger partial charge in [-0.15, -0.1) is 0 Å². The fourth-order valence-electron chi connectivity index (χ4n) is 0.494. The van der Waals surface area contributed by atoms with Crippen LogP contribution in [0.4, 0.5) is 0 Å². The highest BCUT2D eigenvalue weighted by Crippen LogP contribution is 1.94. The third-order valence-corrected chi connectivity index (χ3v) is 0.894. The van der Waals surface area contributed by atoms with Gasteiger partial charge < -0.3 is 9.47 Å². The second-order valence-corrected chi connectivity index (χ2v) is 1.71. The summed E-state index contributed by atoms with van der Waals surface area (Å²) < 4.78 is 9.35. The normalized spacial score (nSPS) is 10.9. The summed E-state index contributed by atoms with van der Waals surface area (Å²) in [5.41, 5.74) is 0. The minimum Gasteiger partial charge on any atom is -0.498 e. The Morgan fingerprint density at radius 3 is 2.60 bits per heavy atom. The number of rotatable bonds is 3. The van der Waals surface area contributed by atoms with E-state index in [1.807, 2.05) is 6.92 Å².